The molecule has 0 bridgehead atoms. The van der Waals surface area contributed by atoms with Gasteiger partial charge in [0.25, 0.3) is 0 Å². The number of fused-ring (bicyclic) bond motifs is 1. The number of benzene rings is 1. The predicted molar refractivity (Wildman–Crippen MR) is 111 cm³/mol. The molecule has 1 aromatic carbocycles. The summed E-state index contributed by atoms with van der Waals surface area (Å²) in [6.07, 6.45) is 7.15. The van der Waals surface area contributed by atoms with Gasteiger partial charge in [-0.2, -0.15) is 0 Å². The van der Waals surface area contributed by atoms with Crippen molar-refractivity contribution in [1.29, 1.82) is 0 Å². The van der Waals surface area contributed by atoms with Crippen molar-refractivity contribution in [2.75, 3.05) is 7.11 Å². The third-order valence-corrected chi connectivity index (χ3v) is 6.24. The Labute approximate surface area is 167 Å². The minimum Gasteiger partial charge on any atom is -0.469 e. The Kier molecular flexibility index (Phi) is 6.82. The van der Waals surface area contributed by atoms with Crippen LogP contribution in [0, 0.1) is 17.8 Å². The molecule has 1 saturated carbocycles. The van der Waals surface area contributed by atoms with Crippen LogP contribution in [0.15, 0.2) is 36.5 Å². The number of methoxy groups -OCH3 is 1. The molecule has 0 unspecified atom stereocenters. The SMILES string of the molecule is COC(=O)[C@@H](CC(=O)CC1CCC(c2ccnc3ccccc23)CC1)C(C)C. The fourth-order valence-corrected chi connectivity index (χ4v) is 4.54. The van der Waals surface area contributed by atoms with Crippen LogP contribution in [0.5, 0.6) is 0 Å². The van der Waals surface area contributed by atoms with Gasteiger partial charge in [-0.1, -0.05) is 32.0 Å². The second-order valence-electron chi connectivity index (χ2n) is 8.46. The van der Waals surface area contributed by atoms with Gasteiger partial charge in [0.15, 0.2) is 0 Å². The van der Waals surface area contributed by atoms with Gasteiger partial charge in [-0.25, -0.2) is 0 Å². The van der Waals surface area contributed by atoms with E-state index in [1.807, 2.05) is 26.1 Å². The van der Waals surface area contributed by atoms with Crippen LogP contribution in [0.2, 0.25) is 0 Å². The van der Waals surface area contributed by atoms with Crippen LogP contribution < -0.4 is 0 Å². The Morgan fingerprint density at radius 3 is 2.50 bits per heavy atom. The van der Waals surface area contributed by atoms with E-state index >= 15 is 0 Å². The summed E-state index contributed by atoms with van der Waals surface area (Å²) in [6, 6.07) is 10.5. The highest BCUT2D eigenvalue weighted by Crippen LogP contribution is 2.39. The number of nitrogens with zero attached hydrogens (tertiary/aromatic N) is 1. The van der Waals surface area contributed by atoms with Crippen LogP contribution in [0.4, 0.5) is 0 Å². The molecule has 1 heterocycles. The van der Waals surface area contributed by atoms with Crippen LogP contribution in [-0.2, 0) is 14.3 Å². The molecule has 150 valence electrons. The molecule has 28 heavy (non-hydrogen) atoms. The van der Waals surface area contributed by atoms with Gasteiger partial charge in [0.05, 0.1) is 18.5 Å². The number of aromatic nitrogens is 1. The van der Waals surface area contributed by atoms with E-state index in [4.69, 9.17) is 4.74 Å². The minimum absolute atomic E-state index is 0.118. The molecule has 3 rings (SSSR count). The summed E-state index contributed by atoms with van der Waals surface area (Å²) < 4.78 is 4.87. The number of para-hydroxylation sites is 1. The van der Waals surface area contributed by atoms with Crippen LogP contribution >= 0.6 is 0 Å². The average molecular weight is 382 g/mol. The average Bonchev–Trinajstić information content (AvgIpc) is 2.71. The lowest BCUT2D eigenvalue weighted by Crippen LogP contribution is -2.26. The number of pyridine rings is 1. The summed E-state index contributed by atoms with van der Waals surface area (Å²) in [6.45, 7) is 3.94. The Hall–Kier alpha value is -2.23. The number of Topliss-reactive ketones (excluding diaryl/α,β-unsaturated/α-hetero) is 1. The maximum Gasteiger partial charge on any atom is 0.309 e. The number of hydrogen-bond donors (Lipinski definition) is 0. The van der Waals surface area contributed by atoms with Crippen LogP contribution in [0.3, 0.4) is 0 Å². The van der Waals surface area contributed by atoms with Crippen LogP contribution in [-0.4, -0.2) is 23.8 Å². The van der Waals surface area contributed by atoms with Crippen molar-refractivity contribution in [3.63, 3.8) is 0 Å². The molecule has 0 spiro atoms. The Morgan fingerprint density at radius 1 is 1.11 bits per heavy atom. The summed E-state index contributed by atoms with van der Waals surface area (Å²) in [5, 5.41) is 1.25. The molecule has 4 heteroatoms. The van der Waals surface area contributed by atoms with Crippen molar-refractivity contribution in [1.82, 2.24) is 4.98 Å². The van der Waals surface area contributed by atoms with E-state index in [0.717, 1.165) is 31.2 Å². The van der Waals surface area contributed by atoms with Gasteiger partial charge < -0.3 is 4.74 Å². The normalized spacial score (nSPS) is 20.9. The molecule has 0 N–H and O–H groups in total. The lowest BCUT2D eigenvalue weighted by Gasteiger charge is -2.29. The Balaban J connectivity index is 1.56. The molecule has 1 aromatic heterocycles. The van der Waals surface area contributed by atoms with E-state index < -0.39 is 0 Å². The van der Waals surface area contributed by atoms with Crippen LogP contribution in [0.1, 0.15) is 63.9 Å². The predicted octanol–water partition coefficient (Wildman–Crippen LogP) is 5.30. The van der Waals surface area contributed by atoms with E-state index in [2.05, 4.69) is 29.2 Å². The highest BCUT2D eigenvalue weighted by atomic mass is 16.5. The van der Waals surface area contributed by atoms with Crippen molar-refractivity contribution < 1.29 is 14.3 Å². The van der Waals surface area contributed by atoms with Gasteiger partial charge >= 0.3 is 5.97 Å². The van der Waals surface area contributed by atoms with Crippen molar-refractivity contribution in [3.8, 4) is 0 Å². The van der Waals surface area contributed by atoms with E-state index in [1.165, 1.54) is 18.1 Å². The van der Waals surface area contributed by atoms with Gasteiger partial charge in [-0.05, 0) is 61.1 Å². The first-order valence-corrected chi connectivity index (χ1v) is 10.4. The quantitative estimate of drug-likeness (QED) is 0.611. The van der Waals surface area contributed by atoms with Crippen LogP contribution in [0.25, 0.3) is 10.9 Å². The molecule has 4 nitrogen and oxygen atoms in total. The third-order valence-electron chi connectivity index (χ3n) is 6.24. The minimum atomic E-state index is -0.322. The number of rotatable bonds is 7. The molecular weight excluding hydrogens is 350 g/mol. The first-order valence-electron chi connectivity index (χ1n) is 10.4. The lowest BCUT2D eigenvalue weighted by molar-refractivity contribution is -0.149. The second kappa shape index (κ2) is 9.31. The van der Waals surface area contributed by atoms with Gasteiger partial charge in [0, 0.05) is 24.4 Å². The number of carbonyl (C=O) groups excluding carboxylic acids is 2. The molecule has 0 saturated heterocycles. The number of carbonyl (C=O) groups is 2. The van der Waals surface area contributed by atoms with E-state index in [9.17, 15) is 9.59 Å². The maximum absolute atomic E-state index is 12.6. The smallest absolute Gasteiger partial charge is 0.309 e. The summed E-state index contributed by atoms with van der Waals surface area (Å²) >= 11 is 0. The lowest BCUT2D eigenvalue weighted by atomic mass is 9.75. The highest BCUT2D eigenvalue weighted by molar-refractivity contribution is 5.85. The third kappa shape index (κ3) is 4.78. The van der Waals surface area contributed by atoms with E-state index in [-0.39, 0.29) is 23.6 Å². The summed E-state index contributed by atoms with van der Waals surface area (Å²) in [7, 11) is 1.40. The van der Waals surface area contributed by atoms with Crippen molar-refractivity contribution in [3.05, 3.63) is 42.1 Å². The second-order valence-corrected chi connectivity index (χ2v) is 8.46. The van der Waals surface area contributed by atoms with Gasteiger partial charge in [-0.15, -0.1) is 0 Å². The number of ketones is 1. The van der Waals surface area contributed by atoms with Crippen molar-refractivity contribution >= 4 is 22.7 Å². The largest absolute Gasteiger partial charge is 0.469 e. The molecule has 1 aliphatic carbocycles. The monoisotopic (exact) mass is 381 g/mol. The first-order chi connectivity index (χ1) is 13.5. The number of ether oxygens (including phenoxy) is 1. The fourth-order valence-electron chi connectivity index (χ4n) is 4.54. The van der Waals surface area contributed by atoms with E-state index in [1.54, 1.807) is 0 Å². The fraction of sp³-hybridized carbons (Fsp3) is 0.542. The molecular formula is C24H31NO3. The number of hydrogen-bond acceptors (Lipinski definition) is 4. The Bertz CT molecular complexity index is 816. The highest BCUT2D eigenvalue weighted by Gasteiger charge is 2.29. The zero-order valence-electron chi connectivity index (χ0n) is 17.2. The summed E-state index contributed by atoms with van der Waals surface area (Å²) in [4.78, 5) is 28.9. The van der Waals surface area contributed by atoms with Gasteiger partial charge in [0.2, 0.25) is 0 Å². The van der Waals surface area contributed by atoms with E-state index in [0.29, 0.717) is 24.7 Å². The number of esters is 1. The maximum atomic E-state index is 12.6. The molecule has 0 radical (unpaired) electrons. The van der Waals surface area contributed by atoms with Gasteiger partial charge in [-0.3, -0.25) is 14.6 Å². The molecule has 1 aliphatic rings. The molecule has 2 aromatic rings. The summed E-state index contributed by atoms with van der Waals surface area (Å²) in [5.41, 5.74) is 2.45. The molecule has 0 aliphatic heterocycles. The van der Waals surface area contributed by atoms with Crippen molar-refractivity contribution in [2.45, 2.75) is 58.3 Å². The standard InChI is InChI=1S/C24H31NO3/c1-16(2)22(24(27)28-3)15-19(26)14-17-8-10-18(11-9-17)20-12-13-25-23-7-5-4-6-21(20)23/h4-7,12-13,16-18,22H,8-11,14-15H2,1-3H3/t17?,18?,22-/m0/s1. The first kappa shape index (κ1) is 20.5. The summed E-state index contributed by atoms with van der Waals surface area (Å²) in [5.74, 6) is 0.697. The molecule has 0 amide bonds. The Morgan fingerprint density at radius 2 is 1.82 bits per heavy atom. The molecule has 1 fully saturated rings. The van der Waals surface area contributed by atoms with Gasteiger partial charge in [0.1, 0.15) is 5.78 Å². The zero-order chi connectivity index (χ0) is 20.1. The molecule has 1 atom stereocenters. The van der Waals surface area contributed by atoms with Crippen molar-refractivity contribution in [2.24, 2.45) is 17.8 Å². The zero-order valence-corrected chi connectivity index (χ0v) is 17.2. The topological polar surface area (TPSA) is 56.3 Å².